The van der Waals surface area contributed by atoms with Crippen molar-refractivity contribution >= 4 is 16.7 Å². The lowest BCUT2D eigenvalue weighted by molar-refractivity contribution is 0.628. The molecule has 0 spiro atoms. The molecule has 0 aliphatic rings. The van der Waals surface area contributed by atoms with Crippen LogP contribution in [0.1, 0.15) is 5.69 Å². The van der Waals surface area contributed by atoms with E-state index in [-0.39, 0.29) is 11.4 Å². The molecule has 6 heteroatoms. The quantitative estimate of drug-likeness (QED) is 0.387. The molecule has 0 saturated heterocycles. The van der Waals surface area contributed by atoms with Gasteiger partial charge in [0.25, 0.3) is 0 Å². The maximum Gasteiger partial charge on any atom is 0.153 e. The van der Waals surface area contributed by atoms with Gasteiger partial charge < -0.3 is 15.6 Å². The van der Waals surface area contributed by atoms with Crippen molar-refractivity contribution in [3.8, 4) is 17.5 Å². The van der Waals surface area contributed by atoms with E-state index in [1.165, 1.54) is 0 Å². The van der Waals surface area contributed by atoms with E-state index >= 15 is 0 Å². The van der Waals surface area contributed by atoms with Crippen LogP contribution in [0.3, 0.4) is 0 Å². The van der Waals surface area contributed by atoms with Gasteiger partial charge in [0.1, 0.15) is 17.3 Å². The van der Waals surface area contributed by atoms with Gasteiger partial charge in [-0.2, -0.15) is 5.26 Å². The average molecular weight is 291 g/mol. The number of nitrogens with zero attached hydrogens (tertiary/aromatic N) is 2. The summed E-state index contributed by atoms with van der Waals surface area (Å²) in [6, 6.07) is 16.8. The van der Waals surface area contributed by atoms with Gasteiger partial charge in [-0.3, -0.25) is 0 Å². The van der Waals surface area contributed by atoms with Gasteiger partial charge in [0, 0.05) is 5.39 Å². The topological polar surface area (TPSA) is 114 Å². The number of furan rings is 1. The smallest absolute Gasteiger partial charge is 0.153 e. The Morgan fingerprint density at radius 1 is 1.18 bits per heavy atom. The molecule has 5 N–H and O–H groups in total. The van der Waals surface area contributed by atoms with Crippen LogP contribution >= 0.6 is 0 Å². The van der Waals surface area contributed by atoms with Gasteiger partial charge in [-0.05, 0) is 24.3 Å². The molecule has 0 bridgehead atoms. The molecule has 1 aromatic carbocycles. The van der Waals surface area contributed by atoms with E-state index in [9.17, 15) is 0 Å². The van der Waals surface area contributed by atoms with Gasteiger partial charge in [-0.1, -0.05) is 24.3 Å². The van der Waals surface area contributed by atoms with Gasteiger partial charge in [0.05, 0.1) is 11.4 Å². The Morgan fingerprint density at radius 2 is 2.00 bits per heavy atom. The maximum absolute atomic E-state index is 8.96. The first-order valence-corrected chi connectivity index (χ1v) is 6.56. The van der Waals surface area contributed by atoms with Gasteiger partial charge in [0.15, 0.2) is 11.5 Å². The number of nitrogens with one attached hydrogen (secondary N) is 1. The first-order chi connectivity index (χ1) is 10.7. The molecule has 0 radical (unpaired) electrons. The minimum absolute atomic E-state index is 0.0641. The van der Waals surface area contributed by atoms with Gasteiger partial charge in [-0.25, -0.2) is 10.8 Å². The fraction of sp³-hybridized carbons (Fsp3) is 0. The third-order valence-corrected chi connectivity index (χ3v) is 3.23. The maximum atomic E-state index is 8.96. The second kappa shape index (κ2) is 5.60. The molecular weight excluding hydrogens is 278 g/mol. The molecule has 0 fully saturated rings. The number of rotatable bonds is 3. The highest BCUT2D eigenvalue weighted by atomic mass is 16.3. The third-order valence-electron chi connectivity index (χ3n) is 3.23. The van der Waals surface area contributed by atoms with E-state index in [1.54, 1.807) is 12.1 Å². The number of hydrogen-bond donors (Lipinski definition) is 3. The van der Waals surface area contributed by atoms with Crippen LogP contribution in [0.15, 0.2) is 58.6 Å². The number of pyridine rings is 1. The molecule has 0 unspecified atom stereocenters. The monoisotopic (exact) mass is 291 g/mol. The van der Waals surface area contributed by atoms with E-state index in [4.69, 9.17) is 21.3 Å². The van der Waals surface area contributed by atoms with Crippen molar-refractivity contribution in [2.45, 2.75) is 0 Å². The summed E-state index contributed by atoms with van der Waals surface area (Å²) in [6.07, 6.45) is 0. The van der Waals surface area contributed by atoms with Gasteiger partial charge in [-0.15, -0.1) is 0 Å². The second-order valence-corrected chi connectivity index (χ2v) is 4.60. The molecular formula is C16H13N5O. The number of hydrogen-bond acceptors (Lipinski definition) is 6. The van der Waals surface area contributed by atoms with Crippen LogP contribution in [0.5, 0.6) is 0 Å². The highest BCUT2D eigenvalue weighted by Gasteiger charge is 2.10. The zero-order valence-corrected chi connectivity index (χ0v) is 11.6. The SMILES string of the molecule is N#C/C(NN)=C(/N)c1cccc(-c2cc3ccccc3o2)n1. The molecule has 108 valence electrons. The molecule has 0 saturated carbocycles. The Labute approximate surface area is 126 Å². The summed E-state index contributed by atoms with van der Waals surface area (Å²) in [6.45, 7) is 0. The fourth-order valence-electron chi connectivity index (χ4n) is 2.13. The predicted octanol–water partition coefficient (Wildman–Crippen LogP) is 2.11. The summed E-state index contributed by atoms with van der Waals surface area (Å²) in [4.78, 5) is 4.43. The van der Waals surface area contributed by atoms with Crippen molar-refractivity contribution in [1.82, 2.24) is 10.4 Å². The second-order valence-electron chi connectivity index (χ2n) is 4.60. The highest BCUT2D eigenvalue weighted by molar-refractivity contribution is 5.82. The summed E-state index contributed by atoms with van der Waals surface area (Å²) in [5.74, 6) is 5.90. The fourth-order valence-corrected chi connectivity index (χ4v) is 2.13. The molecule has 2 aromatic heterocycles. The van der Waals surface area contributed by atoms with E-state index in [0.717, 1.165) is 11.0 Å². The first-order valence-electron chi connectivity index (χ1n) is 6.56. The van der Waals surface area contributed by atoms with Crippen LogP contribution < -0.4 is 17.0 Å². The number of allylic oxidation sites excluding steroid dienone is 1. The molecule has 0 aliphatic carbocycles. The normalized spacial score (nSPS) is 11.8. The Hall–Kier alpha value is -3.30. The first kappa shape index (κ1) is 13.7. The summed E-state index contributed by atoms with van der Waals surface area (Å²) in [5.41, 5.74) is 10.3. The molecule has 2 heterocycles. The number of fused-ring (bicyclic) bond motifs is 1. The third kappa shape index (κ3) is 2.37. The summed E-state index contributed by atoms with van der Waals surface area (Å²) in [5, 5.41) is 9.96. The molecule has 0 atom stereocenters. The Bertz CT molecular complexity index is 871. The standard InChI is InChI=1S/C16H13N5O/c17-9-13(21-19)16(18)12-6-3-5-11(20-12)15-8-10-4-1-2-7-14(10)22-15/h1-8,21H,18-19H2/b16-13-. The van der Waals surface area contributed by atoms with Crippen molar-refractivity contribution in [3.05, 3.63) is 59.9 Å². The molecule has 0 amide bonds. The zero-order valence-electron chi connectivity index (χ0n) is 11.6. The largest absolute Gasteiger partial charge is 0.454 e. The number of nitriles is 1. The number of benzene rings is 1. The van der Waals surface area contributed by atoms with Crippen molar-refractivity contribution < 1.29 is 4.42 Å². The van der Waals surface area contributed by atoms with Crippen LogP contribution in [0.2, 0.25) is 0 Å². The summed E-state index contributed by atoms with van der Waals surface area (Å²) < 4.78 is 5.78. The van der Waals surface area contributed by atoms with Crippen molar-refractivity contribution in [1.29, 1.82) is 5.26 Å². The average Bonchev–Trinajstić information content (AvgIpc) is 3.00. The van der Waals surface area contributed by atoms with E-state index in [1.807, 2.05) is 42.5 Å². The zero-order chi connectivity index (χ0) is 15.5. The Kier molecular flexibility index (Phi) is 3.48. The minimum atomic E-state index is 0.0641. The van der Waals surface area contributed by atoms with Gasteiger partial charge in [0.2, 0.25) is 0 Å². The number of para-hydroxylation sites is 1. The van der Waals surface area contributed by atoms with Crippen LogP contribution in [-0.2, 0) is 0 Å². The van der Waals surface area contributed by atoms with Gasteiger partial charge >= 0.3 is 0 Å². The van der Waals surface area contributed by atoms with Crippen LogP contribution in [0.25, 0.3) is 28.1 Å². The lowest BCUT2D eigenvalue weighted by Crippen LogP contribution is -2.23. The lowest BCUT2D eigenvalue weighted by atomic mass is 10.2. The van der Waals surface area contributed by atoms with E-state index in [2.05, 4.69) is 10.4 Å². The lowest BCUT2D eigenvalue weighted by Gasteiger charge is -2.05. The summed E-state index contributed by atoms with van der Waals surface area (Å²) in [7, 11) is 0. The number of aromatic nitrogens is 1. The molecule has 0 aliphatic heterocycles. The van der Waals surface area contributed by atoms with E-state index < -0.39 is 0 Å². The Morgan fingerprint density at radius 3 is 2.73 bits per heavy atom. The van der Waals surface area contributed by atoms with Crippen molar-refractivity contribution in [2.75, 3.05) is 0 Å². The summed E-state index contributed by atoms with van der Waals surface area (Å²) >= 11 is 0. The molecule has 6 nitrogen and oxygen atoms in total. The molecule has 3 rings (SSSR count). The number of nitrogens with two attached hydrogens (primary N) is 2. The molecule has 3 aromatic rings. The highest BCUT2D eigenvalue weighted by Crippen LogP contribution is 2.27. The Balaban J connectivity index is 2.08. The minimum Gasteiger partial charge on any atom is -0.454 e. The number of hydrazine groups is 1. The van der Waals surface area contributed by atoms with Crippen LogP contribution in [0.4, 0.5) is 0 Å². The van der Waals surface area contributed by atoms with Crippen LogP contribution in [0, 0.1) is 11.3 Å². The van der Waals surface area contributed by atoms with Crippen molar-refractivity contribution in [2.24, 2.45) is 11.6 Å². The predicted molar refractivity (Wildman–Crippen MR) is 83.5 cm³/mol. The van der Waals surface area contributed by atoms with Crippen LogP contribution in [-0.4, -0.2) is 4.98 Å². The van der Waals surface area contributed by atoms with Crippen molar-refractivity contribution in [3.63, 3.8) is 0 Å². The van der Waals surface area contributed by atoms with E-state index in [0.29, 0.717) is 17.1 Å². The molecule has 22 heavy (non-hydrogen) atoms.